The van der Waals surface area contributed by atoms with Gasteiger partial charge in [-0.25, -0.2) is 0 Å². The van der Waals surface area contributed by atoms with Crippen molar-refractivity contribution >= 4 is 0 Å². The van der Waals surface area contributed by atoms with E-state index in [0.717, 1.165) is 6.08 Å². The predicted octanol–water partition coefficient (Wildman–Crippen LogP) is 2.01. The summed E-state index contributed by atoms with van der Waals surface area (Å²) in [6.07, 6.45) is 1.31. The minimum Gasteiger partial charge on any atom is -0.329 e. The van der Waals surface area contributed by atoms with E-state index in [4.69, 9.17) is 5.73 Å². The Kier molecular flexibility index (Phi) is 2.28. The van der Waals surface area contributed by atoms with Gasteiger partial charge in [-0.3, -0.25) is 0 Å². The van der Waals surface area contributed by atoms with E-state index in [9.17, 15) is 13.2 Å². The van der Waals surface area contributed by atoms with Gasteiger partial charge in [0.05, 0.1) is 5.41 Å². The zero-order valence-electron chi connectivity index (χ0n) is 6.43. The van der Waals surface area contributed by atoms with Crippen molar-refractivity contribution in [1.82, 2.24) is 0 Å². The third-order valence-electron chi connectivity index (χ3n) is 2.07. The molecule has 1 aliphatic carbocycles. The largest absolute Gasteiger partial charge is 0.399 e. The second kappa shape index (κ2) is 2.94. The van der Waals surface area contributed by atoms with Crippen molar-refractivity contribution in [3.63, 3.8) is 0 Å². The molecule has 0 aromatic heterocycles. The van der Waals surface area contributed by atoms with Crippen LogP contribution in [-0.2, 0) is 0 Å². The number of hydrogen-bond acceptors (Lipinski definition) is 1. The third kappa shape index (κ3) is 1.39. The first-order valence-corrected chi connectivity index (χ1v) is 3.63. The number of hydrogen-bond donors (Lipinski definition) is 1. The Morgan fingerprint density at radius 2 is 2.00 bits per heavy atom. The van der Waals surface area contributed by atoms with E-state index in [-0.39, 0.29) is 6.42 Å². The molecule has 0 saturated carbocycles. The molecule has 1 unspecified atom stereocenters. The van der Waals surface area contributed by atoms with Crippen LogP contribution >= 0.6 is 0 Å². The normalized spacial score (nSPS) is 29.3. The quantitative estimate of drug-likeness (QED) is 0.651. The fourth-order valence-electron chi connectivity index (χ4n) is 1.14. The Labute approximate surface area is 68.7 Å². The van der Waals surface area contributed by atoms with Gasteiger partial charge in [-0.1, -0.05) is 24.3 Å². The molecule has 1 nitrogen and oxygen atoms in total. The number of nitrogens with two attached hydrogens (primary N) is 1. The van der Waals surface area contributed by atoms with E-state index in [1.807, 2.05) is 0 Å². The van der Waals surface area contributed by atoms with Crippen LogP contribution in [0.25, 0.3) is 0 Å². The van der Waals surface area contributed by atoms with E-state index in [1.165, 1.54) is 12.2 Å². The number of allylic oxidation sites excluding steroid dienone is 3. The zero-order chi connectivity index (χ0) is 9.24. The highest BCUT2D eigenvalue weighted by Gasteiger charge is 2.51. The molecular formula is C8H10F3N. The smallest absolute Gasteiger partial charge is 0.329 e. The molecule has 2 N–H and O–H groups in total. The summed E-state index contributed by atoms with van der Waals surface area (Å²) in [4.78, 5) is 0. The minimum atomic E-state index is -4.25. The molecule has 0 amide bonds. The molecule has 1 aliphatic rings. The summed E-state index contributed by atoms with van der Waals surface area (Å²) in [5.74, 6) is 0. The van der Waals surface area contributed by atoms with Crippen molar-refractivity contribution in [2.24, 2.45) is 11.1 Å². The number of halogens is 3. The van der Waals surface area contributed by atoms with Crippen molar-refractivity contribution in [3.05, 3.63) is 24.3 Å². The highest BCUT2D eigenvalue weighted by molar-refractivity contribution is 5.19. The SMILES string of the molecule is NCC1(C(F)(F)F)C=CC=CC1. The molecule has 0 fully saturated rings. The van der Waals surface area contributed by atoms with Gasteiger partial charge in [0.2, 0.25) is 0 Å². The predicted molar refractivity (Wildman–Crippen MR) is 40.4 cm³/mol. The highest BCUT2D eigenvalue weighted by atomic mass is 19.4. The lowest BCUT2D eigenvalue weighted by atomic mass is 9.81. The molecule has 68 valence electrons. The number of alkyl halides is 3. The molecule has 4 heteroatoms. The first kappa shape index (κ1) is 9.32. The highest BCUT2D eigenvalue weighted by Crippen LogP contribution is 2.43. The second-order valence-corrected chi connectivity index (χ2v) is 2.85. The van der Waals surface area contributed by atoms with Gasteiger partial charge >= 0.3 is 6.18 Å². The van der Waals surface area contributed by atoms with Gasteiger partial charge in [0, 0.05) is 6.54 Å². The molecule has 0 aromatic rings. The Morgan fingerprint density at radius 1 is 1.33 bits per heavy atom. The second-order valence-electron chi connectivity index (χ2n) is 2.85. The molecule has 1 rings (SSSR count). The molecule has 1 atom stereocenters. The van der Waals surface area contributed by atoms with Crippen molar-refractivity contribution in [2.75, 3.05) is 6.54 Å². The van der Waals surface area contributed by atoms with Gasteiger partial charge in [-0.05, 0) is 6.42 Å². The lowest BCUT2D eigenvalue weighted by molar-refractivity contribution is -0.201. The van der Waals surface area contributed by atoms with Crippen LogP contribution in [0.4, 0.5) is 13.2 Å². The van der Waals surface area contributed by atoms with Gasteiger partial charge in [0.15, 0.2) is 0 Å². The molecule has 0 bridgehead atoms. The molecular weight excluding hydrogens is 167 g/mol. The standard InChI is InChI=1S/C8H10F3N/c9-8(10,11)7(6-12)4-2-1-3-5-7/h1-4H,5-6,12H2. The van der Waals surface area contributed by atoms with Crippen LogP contribution in [0.1, 0.15) is 6.42 Å². The Balaban J connectivity index is 2.91. The molecule has 0 spiro atoms. The van der Waals surface area contributed by atoms with Crippen LogP contribution < -0.4 is 5.73 Å². The van der Waals surface area contributed by atoms with Gasteiger partial charge in [0.1, 0.15) is 0 Å². The average Bonchev–Trinajstić information content (AvgIpc) is 2.04. The minimum absolute atomic E-state index is 0.0521. The van der Waals surface area contributed by atoms with Gasteiger partial charge in [-0.15, -0.1) is 0 Å². The van der Waals surface area contributed by atoms with Crippen LogP contribution in [-0.4, -0.2) is 12.7 Å². The van der Waals surface area contributed by atoms with E-state index in [1.54, 1.807) is 6.08 Å². The topological polar surface area (TPSA) is 26.0 Å². The van der Waals surface area contributed by atoms with Gasteiger partial charge in [0.25, 0.3) is 0 Å². The molecule has 0 aliphatic heterocycles. The Hall–Kier alpha value is -0.770. The van der Waals surface area contributed by atoms with Crippen molar-refractivity contribution in [2.45, 2.75) is 12.6 Å². The average molecular weight is 177 g/mol. The van der Waals surface area contributed by atoms with Crippen LogP contribution in [0.2, 0.25) is 0 Å². The van der Waals surface area contributed by atoms with E-state index < -0.39 is 18.1 Å². The molecule has 0 saturated heterocycles. The summed E-state index contributed by atoms with van der Waals surface area (Å²) in [6.45, 7) is -0.392. The van der Waals surface area contributed by atoms with Crippen molar-refractivity contribution in [1.29, 1.82) is 0 Å². The van der Waals surface area contributed by atoms with E-state index in [0.29, 0.717) is 0 Å². The van der Waals surface area contributed by atoms with Crippen molar-refractivity contribution in [3.8, 4) is 0 Å². The lowest BCUT2D eigenvalue weighted by Crippen LogP contribution is -2.42. The summed E-state index contributed by atoms with van der Waals surface area (Å²) in [7, 11) is 0. The van der Waals surface area contributed by atoms with Crippen LogP contribution in [0.15, 0.2) is 24.3 Å². The summed E-state index contributed by atoms with van der Waals surface area (Å²) in [6, 6.07) is 0. The van der Waals surface area contributed by atoms with Gasteiger partial charge in [-0.2, -0.15) is 13.2 Å². The van der Waals surface area contributed by atoms with E-state index >= 15 is 0 Å². The molecule has 0 radical (unpaired) electrons. The van der Waals surface area contributed by atoms with Crippen LogP contribution in [0.3, 0.4) is 0 Å². The van der Waals surface area contributed by atoms with Gasteiger partial charge < -0.3 is 5.73 Å². The first-order chi connectivity index (χ1) is 5.52. The maximum Gasteiger partial charge on any atom is 0.399 e. The summed E-state index contributed by atoms with van der Waals surface area (Å²) in [5, 5.41) is 0. The van der Waals surface area contributed by atoms with Crippen LogP contribution in [0, 0.1) is 5.41 Å². The van der Waals surface area contributed by atoms with E-state index in [2.05, 4.69) is 0 Å². The Morgan fingerprint density at radius 3 is 2.25 bits per heavy atom. The monoisotopic (exact) mass is 177 g/mol. The lowest BCUT2D eigenvalue weighted by Gasteiger charge is -2.31. The number of rotatable bonds is 1. The summed E-state index contributed by atoms with van der Waals surface area (Å²) in [5.41, 5.74) is 3.29. The zero-order valence-corrected chi connectivity index (χ0v) is 6.43. The first-order valence-electron chi connectivity index (χ1n) is 3.63. The van der Waals surface area contributed by atoms with Crippen LogP contribution in [0.5, 0.6) is 0 Å². The fourth-order valence-corrected chi connectivity index (χ4v) is 1.14. The van der Waals surface area contributed by atoms with Crippen molar-refractivity contribution < 1.29 is 13.2 Å². The Bertz CT molecular complexity index is 217. The maximum absolute atomic E-state index is 12.4. The summed E-state index contributed by atoms with van der Waals surface area (Å²) >= 11 is 0. The molecule has 0 aromatic carbocycles. The summed E-state index contributed by atoms with van der Waals surface area (Å²) < 4.78 is 37.3. The fraction of sp³-hybridized carbons (Fsp3) is 0.500. The molecule has 12 heavy (non-hydrogen) atoms. The maximum atomic E-state index is 12.4. The molecule has 0 heterocycles. The third-order valence-corrected chi connectivity index (χ3v) is 2.07.